The highest BCUT2D eigenvalue weighted by Gasteiger charge is 2.30. The molecule has 2 aliphatic rings. The van der Waals surface area contributed by atoms with Gasteiger partial charge in [-0.15, -0.1) is 0 Å². The van der Waals surface area contributed by atoms with Crippen LogP contribution in [-0.2, 0) is 51.2 Å². The van der Waals surface area contributed by atoms with Gasteiger partial charge in [-0.2, -0.15) is 0 Å². The SMILES string of the molecule is C.Cc1cc(O)c(O)cc1C(=O)OC[C@@H](O)CNC(C)(C)COC(=O)C1CCOC1.Cc1cc(OCc2ccccc2)c(OCc2ccccc2)cc1C(=O)OC[C@@H](O)CNC(C)(C)COC(=O)C1CCOC1. The van der Waals surface area contributed by atoms with Gasteiger partial charge in [0.05, 0.1) is 36.2 Å². The number of β-amino-alcohol motifs (C(OH)–C–C–N with tert-alkyl or cyclic N) is 2. The van der Waals surface area contributed by atoms with E-state index in [0.717, 1.165) is 17.2 Å². The van der Waals surface area contributed by atoms with E-state index in [1.165, 1.54) is 6.07 Å². The van der Waals surface area contributed by atoms with Crippen molar-refractivity contribution in [1.82, 2.24) is 10.6 Å². The van der Waals surface area contributed by atoms with Gasteiger partial charge in [0.15, 0.2) is 23.0 Å². The zero-order valence-electron chi connectivity index (χ0n) is 42.0. The number of ether oxygens (including phenoxy) is 8. The number of carbonyl (C=O) groups is 4. The minimum absolute atomic E-state index is 0. The van der Waals surface area contributed by atoms with Gasteiger partial charge in [-0.3, -0.25) is 9.59 Å². The summed E-state index contributed by atoms with van der Waals surface area (Å²) in [7, 11) is 0. The van der Waals surface area contributed by atoms with Gasteiger partial charge in [-0.1, -0.05) is 68.1 Å². The van der Waals surface area contributed by atoms with Crippen molar-refractivity contribution < 1.29 is 77.5 Å². The molecule has 4 aromatic rings. The van der Waals surface area contributed by atoms with E-state index in [0.29, 0.717) is 80.7 Å². The molecular weight excluding hydrogens is 945 g/mol. The van der Waals surface area contributed by atoms with Crippen molar-refractivity contribution in [2.75, 3.05) is 65.9 Å². The molecule has 6 N–H and O–H groups in total. The number of carbonyl (C=O) groups excluding carboxylic acids is 4. The monoisotopic (exact) mass is 1020 g/mol. The smallest absolute Gasteiger partial charge is 0.338 e. The van der Waals surface area contributed by atoms with Gasteiger partial charge in [-0.05, 0) is 101 Å². The number of phenolic OH excluding ortho intramolecular Hbond substituents is 2. The number of aromatic hydroxyl groups is 2. The summed E-state index contributed by atoms with van der Waals surface area (Å²) in [5.74, 6) is -2.14. The zero-order chi connectivity index (χ0) is 52.3. The van der Waals surface area contributed by atoms with Crippen molar-refractivity contribution in [3.63, 3.8) is 0 Å². The van der Waals surface area contributed by atoms with Crippen LogP contribution in [0, 0.1) is 25.7 Å². The van der Waals surface area contributed by atoms with E-state index < -0.39 is 41.0 Å². The molecular formula is C55H74N2O16. The fraction of sp³-hybridized carbons (Fsp3) is 0.491. The summed E-state index contributed by atoms with van der Waals surface area (Å²) < 4.78 is 43.9. The first-order chi connectivity index (χ1) is 34.3. The zero-order valence-corrected chi connectivity index (χ0v) is 42.0. The van der Waals surface area contributed by atoms with Gasteiger partial charge in [0.25, 0.3) is 0 Å². The molecule has 2 unspecified atom stereocenters. The van der Waals surface area contributed by atoms with Crippen LogP contribution < -0.4 is 20.1 Å². The fourth-order valence-corrected chi connectivity index (χ4v) is 7.17. The van der Waals surface area contributed by atoms with E-state index >= 15 is 0 Å². The number of esters is 4. The summed E-state index contributed by atoms with van der Waals surface area (Å²) in [4.78, 5) is 49.3. The van der Waals surface area contributed by atoms with E-state index in [4.69, 9.17) is 37.9 Å². The fourth-order valence-electron chi connectivity index (χ4n) is 7.17. The molecule has 4 aromatic carbocycles. The Morgan fingerprint density at radius 2 is 1.00 bits per heavy atom. The molecule has 2 fully saturated rings. The molecule has 6 rings (SSSR count). The van der Waals surface area contributed by atoms with Crippen LogP contribution in [0.2, 0.25) is 0 Å². The summed E-state index contributed by atoms with van der Waals surface area (Å²) in [6.45, 7) is 13.4. The van der Waals surface area contributed by atoms with Crippen LogP contribution in [0.4, 0.5) is 0 Å². The van der Waals surface area contributed by atoms with Gasteiger partial charge < -0.3 is 69.0 Å². The number of aliphatic hydroxyl groups excluding tert-OH is 2. The number of hydrogen-bond donors (Lipinski definition) is 6. The summed E-state index contributed by atoms with van der Waals surface area (Å²) in [6, 6.07) is 25.3. The van der Waals surface area contributed by atoms with Crippen LogP contribution in [0.15, 0.2) is 84.9 Å². The molecule has 0 aliphatic carbocycles. The first kappa shape index (κ1) is 59.3. The number of nitrogens with one attached hydrogen (secondary N) is 2. The van der Waals surface area contributed by atoms with Crippen molar-refractivity contribution in [2.24, 2.45) is 11.8 Å². The Labute approximate surface area is 428 Å². The second kappa shape index (κ2) is 28.8. The third-order valence-electron chi connectivity index (χ3n) is 11.6. The van der Waals surface area contributed by atoms with Gasteiger partial charge >= 0.3 is 23.9 Å². The molecule has 18 nitrogen and oxygen atoms in total. The average Bonchev–Trinajstić information content (AvgIpc) is 4.13. The lowest BCUT2D eigenvalue weighted by atomic mass is 10.1. The van der Waals surface area contributed by atoms with Crippen molar-refractivity contribution in [1.29, 1.82) is 0 Å². The molecule has 0 amide bonds. The van der Waals surface area contributed by atoms with Gasteiger partial charge in [0.2, 0.25) is 0 Å². The van der Waals surface area contributed by atoms with Crippen LogP contribution >= 0.6 is 0 Å². The van der Waals surface area contributed by atoms with Crippen molar-refractivity contribution in [3.8, 4) is 23.0 Å². The van der Waals surface area contributed by atoms with E-state index in [-0.39, 0.29) is 82.0 Å². The number of aliphatic hydroxyl groups is 2. The maximum Gasteiger partial charge on any atom is 0.338 e. The largest absolute Gasteiger partial charge is 0.504 e. The standard InChI is InChI=1S/C34H41NO8.C20H29NO8.CH4/c1-24-16-30(40-19-25-10-6-4-7-11-25)31(41-20-26-12-8-5-9-13-26)17-29(24)33(38)42-22-28(36)18-35-34(2,3)23-43-32(37)27-14-15-39-21-27;1-12-6-16(23)17(24)7-15(12)19(26)28-10-14(22)8-21-20(2,3)11-29-18(25)13-4-5-27-9-13;/h4-13,16-17,27-28,35-36H,14-15,18-23H2,1-3H3;6-7,13-14,21-24H,4-5,8-11H2,1-3H3;1H4/t27?,28-;13?,14-;/m00./s1. The molecule has 2 heterocycles. The van der Waals surface area contributed by atoms with Crippen molar-refractivity contribution in [2.45, 2.75) is 98.3 Å². The Kier molecular flexibility index (Phi) is 23.4. The molecule has 0 bridgehead atoms. The highest BCUT2D eigenvalue weighted by Crippen LogP contribution is 2.33. The summed E-state index contributed by atoms with van der Waals surface area (Å²) in [5, 5.41) is 45.8. The lowest BCUT2D eigenvalue weighted by Gasteiger charge is -2.27. The number of benzene rings is 4. The number of hydrogen-bond acceptors (Lipinski definition) is 18. The molecule has 0 saturated carbocycles. The van der Waals surface area contributed by atoms with Crippen LogP contribution in [0.5, 0.6) is 23.0 Å². The molecule has 4 atom stereocenters. The molecule has 0 spiro atoms. The van der Waals surface area contributed by atoms with Crippen molar-refractivity contribution >= 4 is 23.9 Å². The van der Waals surface area contributed by atoms with Gasteiger partial charge in [0.1, 0.15) is 51.8 Å². The Bertz CT molecular complexity index is 2370. The lowest BCUT2D eigenvalue weighted by molar-refractivity contribution is -0.151. The quantitative estimate of drug-likeness (QED) is 0.0263. The predicted molar refractivity (Wildman–Crippen MR) is 270 cm³/mol. The minimum Gasteiger partial charge on any atom is -0.504 e. The topological polar surface area (TPSA) is 247 Å². The molecule has 400 valence electrons. The van der Waals surface area contributed by atoms with Crippen LogP contribution in [-0.4, -0.2) is 134 Å². The Morgan fingerprint density at radius 1 is 0.603 bits per heavy atom. The molecule has 2 aliphatic heterocycles. The predicted octanol–water partition coefficient (Wildman–Crippen LogP) is 6.13. The molecule has 0 radical (unpaired) electrons. The minimum atomic E-state index is -0.983. The van der Waals surface area contributed by atoms with E-state index in [1.807, 2.05) is 88.4 Å². The molecule has 0 aromatic heterocycles. The first-order valence-corrected chi connectivity index (χ1v) is 24.0. The first-order valence-electron chi connectivity index (χ1n) is 24.0. The van der Waals surface area contributed by atoms with Crippen LogP contribution in [0.3, 0.4) is 0 Å². The second-order valence-corrected chi connectivity index (χ2v) is 19.2. The summed E-state index contributed by atoms with van der Waals surface area (Å²) in [5.41, 5.74) is 2.32. The Hall–Kier alpha value is -6.28. The van der Waals surface area contributed by atoms with Gasteiger partial charge in [0, 0.05) is 37.4 Å². The normalized spacial score (nSPS) is 16.2. The molecule has 18 heteroatoms. The highest BCUT2D eigenvalue weighted by atomic mass is 16.6. The highest BCUT2D eigenvalue weighted by molar-refractivity contribution is 5.92. The Morgan fingerprint density at radius 3 is 1.42 bits per heavy atom. The maximum atomic E-state index is 13.1. The molecule has 73 heavy (non-hydrogen) atoms. The number of rotatable bonds is 24. The van der Waals surface area contributed by atoms with Crippen molar-refractivity contribution in [3.05, 3.63) is 118 Å². The van der Waals surface area contributed by atoms with Crippen LogP contribution in [0.1, 0.15) is 90.9 Å². The van der Waals surface area contributed by atoms with E-state index in [1.54, 1.807) is 26.0 Å². The van der Waals surface area contributed by atoms with E-state index in [9.17, 15) is 39.6 Å². The summed E-state index contributed by atoms with van der Waals surface area (Å²) in [6.07, 6.45) is -0.622. The summed E-state index contributed by atoms with van der Waals surface area (Å²) >= 11 is 0. The van der Waals surface area contributed by atoms with E-state index in [2.05, 4.69) is 10.6 Å². The number of phenols is 2. The Balaban J connectivity index is 0.000000337. The third kappa shape index (κ3) is 19.9. The van der Waals surface area contributed by atoms with Crippen LogP contribution in [0.25, 0.3) is 0 Å². The lowest BCUT2D eigenvalue weighted by Crippen LogP contribution is -2.48. The third-order valence-corrected chi connectivity index (χ3v) is 11.6. The van der Waals surface area contributed by atoms with Gasteiger partial charge in [-0.25, -0.2) is 9.59 Å². The number of aryl methyl sites for hydroxylation is 2. The average molecular weight is 1020 g/mol. The maximum absolute atomic E-state index is 13.1. The molecule has 2 saturated heterocycles. The second-order valence-electron chi connectivity index (χ2n) is 19.2.